The molecule has 0 spiro atoms. The molecule has 1 fully saturated rings. The van der Waals surface area contributed by atoms with Crippen LogP contribution >= 0.6 is 0 Å². The van der Waals surface area contributed by atoms with Gasteiger partial charge in [-0.3, -0.25) is 0 Å². The number of piperidine rings is 1. The van der Waals surface area contributed by atoms with Crippen molar-refractivity contribution in [2.45, 2.75) is 18.3 Å². The number of methoxy groups -OCH3 is 3. The topological polar surface area (TPSA) is 63.5 Å². The third kappa shape index (κ3) is 2.39. The second-order valence-corrected chi connectivity index (χ2v) is 4.86. The molecule has 0 aliphatic carbocycles. The first-order valence-corrected chi connectivity index (χ1v) is 6.63. The van der Waals surface area contributed by atoms with Gasteiger partial charge in [-0.1, -0.05) is 0 Å². The second-order valence-electron chi connectivity index (χ2n) is 4.86. The molecule has 0 saturated carbocycles. The first-order chi connectivity index (χ1) is 9.70. The molecule has 0 radical (unpaired) electrons. The molecule has 1 heterocycles. The predicted octanol–water partition coefficient (Wildman–Crippen LogP) is 1.86. The minimum Gasteiger partial charge on any atom is -0.493 e. The lowest BCUT2D eigenvalue weighted by Crippen LogP contribution is -2.38. The zero-order valence-electron chi connectivity index (χ0n) is 12.2. The van der Waals surface area contributed by atoms with Gasteiger partial charge in [0.15, 0.2) is 11.5 Å². The largest absolute Gasteiger partial charge is 0.493 e. The van der Waals surface area contributed by atoms with Crippen molar-refractivity contribution >= 4 is 0 Å². The Labute approximate surface area is 119 Å². The average Bonchev–Trinajstić information content (AvgIpc) is 2.53. The normalized spacial score (nSPS) is 17.1. The van der Waals surface area contributed by atoms with Gasteiger partial charge in [-0.05, 0) is 43.6 Å². The third-order valence-electron chi connectivity index (χ3n) is 3.89. The summed E-state index contributed by atoms with van der Waals surface area (Å²) in [4.78, 5) is 0. The molecule has 0 unspecified atom stereocenters. The lowest BCUT2D eigenvalue weighted by atomic mass is 9.74. The summed E-state index contributed by atoms with van der Waals surface area (Å²) in [5.41, 5.74) is 0.439. The van der Waals surface area contributed by atoms with E-state index in [1.807, 2.05) is 12.1 Å². The third-order valence-corrected chi connectivity index (χ3v) is 3.89. The number of nitriles is 1. The minimum absolute atomic E-state index is 0.488. The van der Waals surface area contributed by atoms with Crippen LogP contribution in [0.25, 0.3) is 0 Å². The molecule has 1 aromatic carbocycles. The van der Waals surface area contributed by atoms with Crippen LogP contribution in [-0.4, -0.2) is 34.4 Å². The highest BCUT2D eigenvalue weighted by Gasteiger charge is 2.35. The highest BCUT2D eigenvalue weighted by molar-refractivity contribution is 5.56. The molecule has 5 heteroatoms. The van der Waals surface area contributed by atoms with Crippen LogP contribution in [0.4, 0.5) is 0 Å². The maximum absolute atomic E-state index is 9.66. The van der Waals surface area contributed by atoms with Gasteiger partial charge in [0.1, 0.15) is 0 Å². The number of rotatable bonds is 4. The Morgan fingerprint density at radius 1 is 1.05 bits per heavy atom. The van der Waals surface area contributed by atoms with Crippen molar-refractivity contribution in [3.8, 4) is 23.3 Å². The molecule has 1 N–H and O–H groups in total. The molecule has 0 amide bonds. The average molecular weight is 276 g/mol. The fourth-order valence-corrected chi connectivity index (χ4v) is 2.68. The Balaban J connectivity index is 2.53. The van der Waals surface area contributed by atoms with E-state index in [4.69, 9.17) is 14.2 Å². The van der Waals surface area contributed by atoms with Crippen molar-refractivity contribution in [1.29, 1.82) is 5.26 Å². The van der Waals surface area contributed by atoms with Gasteiger partial charge in [0.2, 0.25) is 5.75 Å². The summed E-state index contributed by atoms with van der Waals surface area (Å²) >= 11 is 0. The van der Waals surface area contributed by atoms with E-state index < -0.39 is 5.41 Å². The van der Waals surface area contributed by atoms with Crippen molar-refractivity contribution < 1.29 is 14.2 Å². The Hall–Kier alpha value is -1.93. The number of hydrogen-bond donors (Lipinski definition) is 1. The zero-order valence-corrected chi connectivity index (χ0v) is 12.2. The highest BCUT2D eigenvalue weighted by atomic mass is 16.5. The van der Waals surface area contributed by atoms with Gasteiger partial charge in [-0.2, -0.15) is 5.26 Å². The number of hydrogen-bond acceptors (Lipinski definition) is 5. The summed E-state index contributed by atoms with van der Waals surface area (Å²) in [6.45, 7) is 1.68. The van der Waals surface area contributed by atoms with Crippen LogP contribution in [0.1, 0.15) is 18.4 Å². The molecule has 1 aliphatic rings. The van der Waals surface area contributed by atoms with Crippen molar-refractivity contribution in [2.75, 3.05) is 34.4 Å². The molecular weight excluding hydrogens is 256 g/mol. The van der Waals surface area contributed by atoms with Crippen LogP contribution in [0.5, 0.6) is 17.2 Å². The Kier molecular flexibility index (Phi) is 4.35. The van der Waals surface area contributed by atoms with Crippen molar-refractivity contribution in [2.24, 2.45) is 0 Å². The monoisotopic (exact) mass is 276 g/mol. The maximum Gasteiger partial charge on any atom is 0.203 e. The first-order valence-electron chi connectivity index (χ1n) is 6.63. The lowest BCUT2D eigenvalue weighted by molar-refractivity contribution is 0.319. The van der Waals surface area contributed by atoms with Crippen molar-refractivity contribution in [3.05, 3.63) is 17.7 Å². The van der Waals surface area contributed by atoms with Gasteiger partial charge in [0, 0.05) is 0 Å². The van der Waals surface area contributed by atoms with Crippen LogP contribution < -0.4 is 19.5 Å². The first kappa shape index (κ1) is 14.5. The molecule has 108 valence electrons. The summed E-state index contributed by atoms with van der Waals surface area (Å²) in [6, 6.07) is 6.25. The van der Waals surface area contributed by atoms with E-state index in [9.17, 15) is 5.26 Å². The molecule has 5 nitrogen and oxygen atoms in total. The van der Waals surface area contributed by atoms with Crippen LogP contribution in [0.15, 0.2) is 12.1 Å². The molecule has 0 atom stereocenters. The standard InChI is InChI=1S/C15H20N2O3/c1-18-12-8-11(9-13(19-2)14(12)20-3)15(10-16)4-6-17-7-5-15/h8-9,17H,4-7H2,1-3H3. The zero-order chi connectivity index (χ0) is 14.6. The summed E-state index contributed by atoms with van der Waals surface area (Å²) < 4.78 is 16.1. The summed E-state index contributed by atoms with van der Waals surface area (Å²) in [7, 11) is 4.75. The molecule has 20 heavy (non-hydrogen) atoms. The van der Waals surface area contributed by atoms with Gasteiger partial charge in [0.05, 0.1) is 32.8 Å². The summed E-state index contributed by atoms with van der Waals surface area (Å²) in [5.74, 6) is 1.74. The predicted molar refractivity (Wildman–Crippen MR) is 75.5 cm³/mol. The molecule has 0 aromatic heterocycles. The van der Waals surface area contributed by atoms with Gasteiger partial charge in [-0.25, -0.2) is 0 Å². The molecule has 1 aliphatic heterocycles. The van der Waals surface area contributed by atoms with Crippen LogP contribution in [0.3, 0.4) is 0 Å². The summed E-state index contributed by atoms with van der Waals surface area (Å²) in [6.07, 6.45) is 1.56. The van der Waals surface area contributed by atoms with E-state index in [1.165, 1.54) is 0 Å². The van der Waals surface area contributed by atoms with Gasteiger partial charge >= 0.3 is 0 Å². The van der Waals surface area contributed by atoms with E-state index in [2.05, 4.69) is 11.4 Å². The van der Waals surface area contributed by atoms with Crippen LogP contribution in [0.2, 0.25) is 0 Å². The Morgan fingerprint density at radius 2 is 1.60 bits per heavy atom. The van der Waals surface area contributed by atoms with Crippen molar-refractivity contribution in [1.82, 2.24) is 5.32 Å². The number of nitrogens with zero attached hydrogens (tertiary/aromatic N) is 1. The van der Waals surface area contributed by atoms with Gasteiger partial charge in [0.25, 0.3) is 0 Å². The quantitative estimate of drug-likeness (QED) is 0.909. The molecular formula is C15H20N2O3. The number of nitrogens with one attached hydrogen (secondary N) is 1. The Morgan fingerprint density at radius 3 is 2.00 bits per heavy atom. The maximum atomic E-state index is 9.66. The van der Waals surface area contributed by atoms with E-state index in [1.54, 1.807) is 21.3 Å². The highest BCUT2D eigenvalue weighted by Crippen LogP contribution is 2.43. The smallest absolute Gasteiger partial charge is 0.203 e. The van der Waals surface area contributed by atoms with Gasteiger partial charge < -0.3 is 19.5 Å². The minimum atomic E-state index is -0.488. The fourth-order valence-electron chi connectivity index (χ4n) is 2.68. The van der Waals surface area contributed by atoms with E-state index >= 15 is 0 Å². The van der Waals surface area contributed by atoms with Gasteiger partial charge in [-0.15, -0.1) is 0 Å². The fraction of sp³-hybridized carbons (Fsp3) is 0.533. The number of ether oxygens (including phenoxy) is 3. The van der Waals surface area contributed by atoms with E-state index in [0.717, 1.165) is 31.5 Å². The summed E-state index contributed by atoms with van der Waals surface area (Å²) in [5, 5.41) is 12.9. The molecule has 1 aromatic rings. The molecule has 2 rings (SSSR count). The molecule has 1 saturated heterocycles. The van der Waals surface area contributed by atoms with Crippen molar-refractivity contribution in [3.63, 3.8) is 0 Å². The van der Waals surface area contributed by atoms with Crippen LogP contribution in [0, 0.1) is 11.3 Å². The molecule has 0 bridgehead atoms. The van der Waals surface area contributed by atoms with E-state index in [-0.39, 0.29) is 0 Å². The SMILES string of the molecule is COc1cc(C2(C#N)CCNCC2)cc(OC)c1OC. The Bertz CT molecular complexity index is 491. The number of benzene rings is 1. The lowest BCUT2D eigenvalue weighted by Gasteiger charge is -2.32. The van der Waals surface area contributed by atoms with E-state index in [0.29, 0.717) is 17.2 Å². The second kappa shape index (κ2) is 6.02. The van der Waals surface area contributed by atoms with Crippen LogP contribution in [-0.2, 0) is 5.41 Å².